The van der Waals surface area contributed by atoms with Crippen molar-refractivity contribution in [2.45, 2.75) is 27.3 Å². The average Bonchev–Trinajstić information content (AvgIpc) is 2.94. The van der Waals surface area contributed by atoms with E-state index in [1.165, 1.54) is 10.6 Å². The van der Waals surface area contributed by atoms with E-state index in [0.717, 1.165) is 11.3 Å². The molecule has 1 aromatic carbocycles. The molecule has 0 radical (unpaired) electrons. The number of esters is 1. The topological polar surface area (TPSA) is 68.6 Å². The lowest BCUT2D eigenvalue weighted by molar-refractivity contribution is -0.135. The Kier molecular flexibility index (Phi) is 8.49. The van der Waals surface area contributed by atoms with Gasteiger partial charge in [-0.3, -0.25) is 14.2 Å². The molecule has 1 amide bonds. The fraction of sp³-hybridized carbons (Fsp3) is 0.350. The number of halogens is 2. The lowest BCUT2D eigenvalue weighted by Crippen LogP contribution is -2.40. The highest BCUT2D eigenvalue weighted by molar-refractivity contribution is 7.07. The number of ether oxygens (including phenoxy) is 1. The molecule has 9 heteroatoms. The first-order valence-electron chi connectivity index (χ1n) is 9.13. The first-order valence-corrected chi connectivity index (χ1v) is 10.7. The molecule has 2 rings (SSSR count). The third kappa shape index (κ3) is 5.95. The minimum atomic E-state index is -0.575. The van der Waals surface area contributed by atoms with Crippen molar-refractivity contribution in [2.24, 2.45) is 0 Å². The van der Waals surface area contributed by atoms with E-state index in [9.17, 15) is 14.4 Å². The summed E-state index contributed by atoms with van der Waals surface area (Å²) in [6.07, 6.45) is 2.85. The summed E-state index contributed by atoms with van der Waals surface area (Å²) in [6, 6.07) is 4.95. The summed E-state index contributed by atoms with van der Waals surface area (Å²) < 4.78 is 6.92. The molecule has 0 spiro atoms. The van der Waals surface area contributed by atoms with Gasteiger partial charge in [-0.2, -0.15) is 0 Å². The Morgan fingerprint density at radius 1 is 1.21 bits per heavy atom. The maximum absolute atomic E-state index is 13.0. The van der Waals surface area contributed by atoms with Crippen LogP contribution in [0.3, 0.4) is 0 Å². The monoisotopic (exact) mass is 456 g/mol. The summed E-state index contributed by atoms with van der Waals surface area (Å²) in [5.74, 6) is -0.779. The highest BCUT2D eigenvalue weighted by Crippen LogP contribution is 2.21. The van der Waals surface area contributed by atoms with Crippen LogP contribution in [-0.2, 0) is 20.9 Å². The molecular weight excluding hydrogens is 435 g/mol. The summed E-state index contributed by atoms with van der Waals surface area (Å²) in [7, 11) is 0. The van der Waals surface area contributed by atoms with Crippen molar-refractivity contribution in [1.82, 2.24) is 9.47 Å². The average molecular weight is 457 g/mol. The molecular formula is C20H22Cl2N2O4S. The highest BCUT2D eigenvalue weighted by Gasteiger charge is 2.15. The summed E-state index contributed by atoms with van der Waals surface area (Å²) in [6.45, 7) is 6.54. The van der Waals surface area contributed by atoms with Crippen LogP contribution in [0.25, 0.3) is 12.2 Å². The van der Waals surface area contributed by atoms with Crippen LogP contribution in [0.4, 0.5) is 0 Å². The van der Waals surface area contributed by atoms with Crippen molar-refractivity contribution < 1.29 is 14.3 Å². The molecule has 1 heterocycles. The van der Waals surface area contributed by atoms with E-state index in [1.54, 1.807) is 36.1 Å². The molecule has 0 saturated heterocycles. The Balaban J connectivity index is 2.62. The molecule has 0 atom stereocenters. The maximum atomic E-state index is 13.0. The predicted molar refractivity (Wildman–Crippen MR) is 117 cm³/mol. The van der Waals surface area contributed by atoms with Gasteiger partial charge in [-0.15, -0.1) is 11.3 Å². The predicted octanol–water partition coefficient (Wildman–Crippen LogP) is 2.26. The van der Waals surface area contributed by atoms with Crippen molar-refractivity contribution in [2.75, 3.05) is 19.7 Å². The van der Waals surface area contributed by atoms with Crippen LogP contribution in [0.5, 0.6) is 0 Å². The van der Waals surface area contributed by atoms with Crippen LogP contribution in [0.2, 0.25) is 10.0 Å². The number of nitrogens with zero attached hydrogens (tertiary/aromatic N) is 2. The Morgan fingerprint density at radius 3 is 2.48 bits per heavy atom. The van der Waals surface area contributed by atoms with Crippen molar-refractivity contribution >= 4 is 58.6 Å². The Labute approximate surface area is 182 Å². The lowest BCUT2D eigenvalue weighted by Gasteiger charge is -2.18. The van der Waals surface area contributed by atoms with Crippen LogP contribution in [0.15, 0.2) is 23.0 Å². The fourth-order valence-corrected chi connectivity index (χ4v) is 4.13. The number of benzene rings is 1. The van der Waals surface area contributed by atoms with Crippen molar-refractivity contribution in [3.05, 3.63) is 53.4 Å². The van der Waals surface area contributed by atoms with Gasteiger partial charge in [0.15, 0.2) is 0 Å². The molecule has 156 valence electrons. The Morgan fingerprint density at radius 2 is 1.90 bits per heavy atom. The number of carbonyl (C=O) groups excluding carboxylic acids is 2. The van der Waals surface area contributed by atoms with Gasteiger partial charge in [0, 0.05) is 23.1 Å². The van der Waals surface area contributed by atoms with E-state index in [4.69, 9.17) is 27.9 Å². The molecule has 2 aromatic rings. The highest BCUT2D eigenvalue weighted by atomic mass is 35.5. The normalized spacial score (nSPS) is 12.3. The van der Waals surface area contributed by atoms with Crippen LogP contribution in [0.1, 0.15) is 26.3 Å². The Bertz CT molecular complexity index is 1070. The van der Waals surface area contributed by atoms with Gasteiger partial charge >= 0.3 is 5.97 Å². The standard InChI is InChI=1S/C20H22Cl2N2O4S/c1-4-23(5-2)17(25)12-24-18(11-19(26)28-6-3)29-16(20(24)27)9-13-7-8-14(21)10-15(13)22/h7-11H,4-6,12H2,1-3H3. The molecule has 0 aliphatic rings. The van der Waals surface area contributed by atoms with Gasteiger partial charge in [0.25, 0.3) is 5.56 Å². The number of carbonyl (C=O) groups is 2. The van der Waals surface area contributed by atoms with E-state index in [2.05, 4.69) is 0 Å². The summed E-state index contributed by atoms with van der Waals surface area (Å²) in [5, 5.41) is 0.879. The summed E-state index contributed by atoms with van der Waals surface area (Å²) in [4.78, 5) is 39.1. The maximum Gasteiger partial charge on any atom is 0.333 e. The van der Waals surface area contributed by atoms with Gasteiger partial charge in [-0.05, 0) is 44.5 Å². The van der Waals surface area contributed by atoms with Gasteiger partial charge < -0.3 is 9.64 Å². The minimum Gasteiger partial charge on any atom is -0.463 e. The molecule has 0 aliphatic heterocycles. The van der Waals surface area contributed by atoms with Gasteiger partial charge in [0.1, 0.15) is 11.2 Å². The zero-order chi connectivity index (χ0) is 21.6. The van der Waals surface area contributed by atoms with Crippen LogP contribution < -0.4 is 14.8 Å². The fourth-order valence-electron chi connectivity index (χ4n) is 2.65. The molecule has 0 unspecified atom stereocenters. The second-order valence-electron chi connectivity index (χ2n) is 5.97. The number of hydrogen-bond donors (Lipinski definition) is 0. The van der Waals surface area contributed by atoms with Crippen molar-refractivity contribution in [3.63, 3.8) is 0 Å². The molecule has 0 fully saturated rings. The van der Waals surface area contributed by atoms with Gasteiger partial charge in [0.2, 0.25) is 5.91 Å². The van der Waals surface area contributed by atoms with E-state index in [0.29, 0.717) is 37.9 Å². The van der Waals surface area contributed by atoms with E-state index in [-0.39, 0.29) is 24.6 Å². The van der Waals surface area contributed by atoms with Gasteiger partial charge in [-0.25, -0.2) is 4.79 Å². The second-order valence-corrected chi connectivity index (χ2v) is 7.87. The van der Waals surface area contributed by atoms with E-state index < -0.39 is 5.97 Å². The number of thiazole rings is 1. The van der Waals surface area contributed by atoms with Gasteiger partial charge in [-0.1, -0.05) is 29.3 Å². The smallest absolute Gasteiger partial charge is 0.333 e. The zero-order valence-electron chi connectivity index (χ0n) is 16.4. The quantitative estimate of drug-likeness (QED) is 0.599. The van der Waals surface area contributed by atoms with Crippen LogP contribution in [-0.4, -0.2) is 41.0 Å². The SMILES string of the molecule is CCOC(=O)C=c1sc(=Cc2ccc(Cl)cc2Cl)c(=O)n1CC(=O)N(CC)CC. The molecule has 29 heavy (non-hydrogen) atoms. The molecule has 0 bridgehead atoms. The van der Waals surface area contributed by atoms with Crippen LogP contribution in [0, 0.1) is 0 Å². The van der Waals surface area contributed by atoms with Gasteiger partial charge in [0.05, 0.1) is 17.2 Å². The third-order valence-electron chi connectivity index (χ3n) is 4.12. The molecule has 0 N–H and O–H groups in total. The van der Waals surface area contributed by atoms with Crippen molar-refractivity contribution in [3.8, 4) is 0 Å². The first kappa shape index (κ1) is 23.2. The number of hydrogen-bond acceptors (Lipinski definition) is 5. The number of rotatable bonds is 7. The number of amides is 1. The number of likely N-dealkylation sites (N-methyl/N-ethyl adjacent to an activating group) is 1. The molecule has 6 nitrogen and oxygen atoms in total. The van der Waals surface area contributed by atoms with E-state index in [1.807, 2.05) is 13.8 Å². The summed E-state index contributed by atoms with van der Waals surface area (Å²) in [5.41, 5.74) is 0.233. The number of aromatic nitrogens is 1. The first-order chi connectivity index (χ1) is 13.8. The zero-order valence-corrected chi connectivity index (χ0v) is 18.7. The van der Waals surface area contributed by atoms with Crippen molar-refractivity contribution in [1.29, 1.82) is 0 Å². The second kappa shape index (κ2) is 10.6. The van der Waals surface area contributed by atoms with E-state index >= 15 is 0 Å². The summed E-state index contributed by atoms with van der Waals surface area (Å²) >= 11 is 13.2. The Hall–Kier alpha value is -2.09. The molecule has 0 saturated carbocycles. The van der Waals surface area contributed by atoms with Crippen LogP contribution >= 0.6 is 34.5 Å². The third-order valence-corrected chi connectivity index (χ3v) is 5.75. The lowest BCUT2D eigenvalue weighted by atomic mass is 10.2. The largest absolute Gasteiger partial charge is 0.463 e. The molecule has 0 aliphatic carbocycles. The molecule has 1 aromatic heterocycles. The minimum absolute atomic E-state index is 0.162.